The molecule has 0 aliphatic carbocycles. The molecule has 2 N–H and O–H groups in total. The van der Waals surface area contributed by atoms with Crippen LogP contribution in [0.2, 0.25) is 5.02 Å². The molecule has 27 heavy (non-hydrogen) atoms. The molecule has 0 spiro atoms. The highest BCUT2D eigenvalue weighted by Crippen LogP contribution is 2.30. The van der Waals surface area contributed by atoms with E-state index < -0.39 is 16.0 Å². The lowest BCUT2D eigenvalue weighted by Crippen LogP contribution is -2.17. The van der Waals surface area contributed by atoms with Crippen molar-refractivity contribution in [3.8, 4) is 5.75 Å². The van der Waals surface area contributed by atoms with Gasteiger partial charge in [0.25, 0.3) is 10.0 Å². The van der Waals surface area contributed by atoms with E-state index in [9.17, 15) is 13.2 Å². The van der Waals surface area contributed by atoms with Gasteiger partial charge in [-0.2, -0.15) is 0 Å². The minimum absolute atomic E-state index is 0.0287. The number of anilines is 1. The first-order valence-corrected chi connectivity index (χ1v) is 10.1. The number of carboxylic acid groups (broad SMARTS) is 1. The van der Waals surface area contributed by atoms with E-state index in [0.29, 0.717) is 19.8 Å². The average molecular weight is 412 g/mol. The maximum absolute atomic E-state index is 12.8. The summed E-state index contributed by atoms with van der Waals surface area (Å²) < 4.78 is 39.0. The Morgan fingerprint density at radius 3 is 2.81 bits per heavy atom. The molecule has 1 heterocycles. The van der Waals surface area contributed by atoms with E-state index in [1.807, 2.05) is 0 Å². The largest absolute Gasteiger partial charge is 0.492 e. The lowest BCUT2D eigenvalue weighted by Gasteiger charge is -2.15. The lowest BCUT2D eigenvalue weighted by molar-refractivity contribution is 0.0697. The summed E-state index contributed by atoms with van der Waals surface area (Å²) in [5.74, 6) is -0.772. The monoisotopic (exact) mass is 411 g/mol. The number of hydrogen-bond donors (Lipinski definition) is 2. The second-order valence-electron chi connectivity index (χ2n) is 6.12. The lowest BCUT2D eigenvalue weighted by atomic mass is 10.1. The van der Waals surface area contributed by atoms with Gasteiger partial charge in [-0.05, 0) is 42.8 Å². The van der Waals surface area contributed by atoms with Crippen LogP contribution in [0.3, 0.4) is 0 Å². The fourth-order valence-corrected chi connectivity index (χ4v) is 4.12. The molecule has 9 heteroatoms. The Bertz CT molecular complexity index is 941. The van der Waals surface area contributed by atoms with E-state index in [4.69, 9.17) is 26.2 Å². The molecule has 0 aromatic heterocycles. The highest BCUT2D eigenvalue weighted by atomic mass is 35.5. The molecule has 3 rings (SSSR count). The van der Waals surface area contributed by atoms with Gasteiger partial charge in [-0.1, -0.05) is 17.7 Å². The van der Waals surface area contributed by atoms with E-state index in [0.717, 1.165) is 6.42 Å². The molecule has 0 amide bonds. The molecule has 0 bridgehead atoms. The second-order valence-corrected chi connectivity index (χ2v) is 8.21. The van der Waals surface area contributed by atoms with Gasteiger partial charge in [-0.3, -0.25) is 4.72 Å². The molecule has 1 saturated heterocycles. The Morgan fingerprint density at radius 1 is 1.30 bits per heavy atom. The predicted molar refractivity (Wildman–Crippen MR) is 100 cm³/mol. The van der Waals surface area contributed by atoms with E-state index in [1.54, 1.807) is 6.07 Å². The molecule has 2 aromatic carbocycles. The van der Waals surface area contributed by atoms with Crippen LogP contribution in [-0.4, -0.2) is 39.3 Å². The Labute approximate surface area is 161 Å². The third-order valence-electron chi connectivity index (χ3n) is 4.06. The number of benzene rings is 2. The van der Waals surface area contributed by atoms with Crippen molar-refractivity contribution in [3.63, 3.8) is 0 Å². The fraction of sp³-hybridized carbons (Fsp3) is 0.278. The summed E-state index contributed by atoms with van der Waals surface area (Å²) in [5, 5.41) is 9.30. The highest BCUT2D eigenvalue weighted by Gasteiger charge is 2.23. The summed E-state index contributed by atoms with van der Waals surface area (Å²) >= 11 is 5.97. The average Bonchev–Trinajstić information content (AvgIpc) is 3.14. The predicted octanol–water partition coefficient (Wildman–Crippen LogP) is 3.25. The molecule has 1 fully saturated rings. The van der Waals surface area contributed by atoms with Gasteiger partial charge >= 0.3 is 5.97 Å². The Balaban J connectivity index is 1.85. The molecule has 0 radical (unpaired) electrons. The Hall–Kier alpha value is -2.29. The summed E-state index contributed by atoms with van der Waals surface area (Å²) in [6.07, 6.45) is 0.857. The fourth-order valence-electron chi connectivity index (χ4n) is 2.66. The Kier molecular flexibility index (Phi) is 5.88. The van der Waals surface area contributed by atoms with Gasteiger partial charge in [-0.25, -0.2) is 13.2 Å². The van der Waals surface area contributed by atoms with Crippen molar-refractivity contribution in [3.05, 3.63) is 53.1 Å². The smallest absolute Gasteiger partial charge is 0.335 e. The van der Waals surface area contributed by atoms with Crippen molar-refractivity contribution in [1.29, 1.82) is 0 Å². The van der Waals surface area contributed by atoms with Gasteiger partial charge < -0.3 is 14.6 Å². The molecular weight excluding hydrogens is 394 g/mol. The van der Waals surface area contributed by atoms with Gasteiger partial charge in [0.1, 0.15) is 10.6 Å². The van der Waals surface area contributed by atoms with Crippen molar-refractivity contribution in [2.45, 2.75) is 11.3 Å². The summed E-state index contributed by atoms with van der Waals surface area (Å²) in [7, 11) is -4.04. The zero-order valence-corrected chi connectivity index (χ0v) is 15.8. The number of sulfonamides is 1. The number of ether oxygens (including phenoxy) is 2. The van der Waals surface area contributed by atoms with E-state index in [-0.39, 0.29) is 32.8 Å². The number of hydrogen-bond acceptors (Lipinski definition) is 5. The molecule has 1 atom stereocenters. The molecule has 1 aliphatic rings. The van der Waals surface area contributed by atoms with E-state index in [2.05, 4.69) is 4.72 Å². The third-order valence-corrected chi connectivity index (χ3v) is 5.69. The third kappa shape index (κ3) is 4.91. The van der Waals surface area contributed by atoms with E-state index in [1.165, 1.54) is 36.4 Å². The van der Waals surface area contributed by atoms with Crippen LogP contribution in [-0.2, 0) is 14.8 Å². The summed E-state index contributed by atoms with van der Waals surface area (Å²) in [5.41, 5.74) is 0.101. The molecule has 0 saturated carbocycles. The first kappa shape index (κ1) is 19.5. The van der Waals surface area contributed by atoms with Crippen LogP contribution < -0.4 is 9.46 Å². The topological polar surface area (TPSA) is 102 Å². The number of carboxylic acids is 1. The molecule has 2 aromatic rings. The molecule has 144 valence electrons. The Morgan fingerprint density at radius 2 is 2.11 bits per heavy atom. The number of rotatable bonds is 7. The minimum atomic E-state index is -4.04. The zero-order valence-electron chi connectivity index (χ0n) is 14.2. The van der Waals surface area contributed by atoms with Crippen molar-refractivity contribution < 1.29 is 27.8 Å². The first-order chi connectivity index (χ1) is 12.8. The number of aromatic carboxylic acids is 1. The molecule has 0 unspecified atom stereocenters. The summed E-state index contributed by atoms with van der Waals surface area (Å²) in [6.45, 7) is 1.58. The van der Waals surface area contributed by atoms with Crippen molar-refractivity contribution in [1.82, 2.24) is 0 Å². The number of halogens is 1. The van der Waals surface area contributed by atoms with Crippen LogP contribution >= 0.6 is 11.6 Å². The van der Waals surface area contributed by atoms with Crippen LogP contribution in [0.4, 0.5) is 5.69 Å². The van der Waals surface area contributed by atoms with Crippen LogP contribution in [0, 0.1) is 5.92 Å². The SMILES string of the molecule is O=C(O)c1cccc(NS(=O)(=O)c2cc(Cl)ccc2OC[C@@H]2CCOC2)c1. The molecule has 7 nitrogen and oxygen atoms in total. The summed E-state index contributed by atoms with van der Waals surface area (Å²) in [4.78, 5) is 11.0. The van der Waals surface area contributed by atoms with E-state index >= 15 is 0 Å². The van der Waals surface area contributed by atoms with Crippen LogP contribution in [0.1, 0.15) is 16.8 Å². The van der Waals surface area contributed by atoms with Crippen molar-refractivity contribution in [2.75, 3.05) is 24.5 Å². The van der Waals surface area contributed by atoms with Crippen molar-refractivity contribution >= 4 is 33.3 Å². The minimum Gasteiger partial charge on any atom is -0.492 e. The van der Waals surface area contributed by atoms with Crippen LogP contribution in [0.25, 0.3) is 0 Å². The van der Waals surface area contributed by atoms with Gasteiger partial charge in [0.05, 0.1) is 18.8 Å². The van der Waals surface area contributed by atoms with Crippen LogP contribution in [0.5, 0.6) is 5.75 Å². The molecular formula is C18H18ClNO6S. The van der Waals surface area contributed by atoms with Gasteiger partial charge in [0.2, 0.25) is 0 Å². The van der Waals surface area contributed by atoms with Crippen LogP contribution in [0.15, 0.2) is 47.4 Å². The first-order valence-electron chi connectivity index (χ1n) is 8.21. The van der Waals surface area contributed by atoms with Gasteiger partial charge in [0, 0.05) is 23.2 Å². The summed E-state index contributed by atoms with van der Waals surface area (Å²) in [6, 6.07) is 9.87. The standard InChI is InChI=1S/C18H18ClNO6S/c19-14-4-5-16(26-11-12-6-7-25-10-12)17(9-14)27(23,24)20-15-3-1-2-13(8-15)18(21)22/h1-5,8-9,12,20H,6-7,10-11H2,(H,21,22)/t12-/m1/s1. The second kappa shape index (κ2) is 8.16. The normalized spacial score (nSPS) is 16.9. The number of carbonyl (C=O) groups is 1. The molecule has 1 aliphatic heterocycles. The van der Waals surface area contributed by atoms with Gasteiger partial charge in [0.15, 0.2) is 0 Å². The van der Waals surface area contributed by atoms with Gasteiger partial charge in [-0.15, -0.1) is 0 Å². The highest BCUT2D eigenvalue weighted by molar-refractivity contribution is 7.92. The quantitative estimate of drug-likeness (QED) is 0.725. The zero-order chi connectivity index (χ0) is 19.4. The maximum atomic E-state index is 12.8. The maximum Gasteiger partial charge on any atom is 0.335 e. The number of nitrogens with one attached hydrogen (secondary N) is 1. The van der Waals surface area contributed by atoms with Crippen molar-refractivity contribution in [2.24, 2.45) is 5.92 Å².